The zero-order chi connectivity index (χ0) is 10.1. The zero-order valence-corrected chi connectivity index (χ0v) is 9.35. The first-order valence-electron chi connectivity index (χ1n) is 5.30. The number of rotatable bonds is 2. The van der Waals surface area contributed by atoms with E-state index in [-0.39, 0.29) is 0 Å². The van der Waals surface area contributed by atoms with Gasteiger partial charge in [0.05, 0.1) is 0 Å². The molecule has 1 N–H and O–H groups in total. The maximum atomic E-state index is 8.94. The number of aliphatic hydroxyl groups is 1. The fraction of sp³-hybridized carbons (Fsp3) is 0.833. The van der Waals surface area contributed by atoms with Crippen LogP contribution in [-0.2, 0) is 0 Å². The lowest BCUT2D eigenvalue weighted by Gasteiger charge is -2.39. The van der Waals surface area contributed by atoms with Crippen LogP contribution in [0.4, 0.5) is 0 Å². The first kappa shape index (κ1) is 10.8. The summed E-state index contributed by atoms with van der Waals surface area (Å²) in [6.07, 6.45) is 3.35. The molecular weight excluding hydrogens is 160 g/mol. The molecule has 13 heavy (non-hydrogen) atoms. The van der Waals surface area contributed by atoms with Crippen LogP contribution >= 0.6 is 0 Å². The summed E-state index contributed by atoms with van der Waals surface area (Å²) in [5.41, 5.74) is 3.34. The Kier molecular flexibility index (Phi) is 3.18. The second-order valence-electron chi connectivity index (χ2n) is 4.86. The van der Waals surface area contributed by atoms with Gasteiger partial charge in [-0.1, -0.05) is 31.9 Å². The first-order chi connectivity index (χ1) is 6.00. The Morgan fingerprint density at radius 2 is 2.08 bits per heavy atom. The molecule has 0 heterocycles. The Labute approximate surface area is 81.9 Å². The molecule has 0 aromatic heterocycles. The molecule has 1 aliphatic carbocycles. The molecule has 0 saturated heterocycles. The lowest BCUT2D eigenvalue weighted by Crippen LogP contribution is -2.28. The number of aliphatic hydroxyl groups excluding tert-OH is 1. The highest BCUT2D eigenvalue weighted by Gasteiger charge is 2.32. The van der Waals surface area contributed by atoms with Gasteiger partial charge in [0.2, 0.25) is 0 Å². The summed E-state index contributed by atoms with van der Waals surface area (Å²) in [6.45, 7) is 9.52. The van der Waals surface area contributed by atoms with Crippen molar-refractivity contribution in [3.8, 4) is 0 Å². The van der Waals surface area contributed by atoms with Crippen LogP contribution in [0.5, 0.6) is 0 Å². The monoisotopic (exact) mass is 182 g/mol. The van der Waals surface area contributed by atoms with Crippen LogP contribution < -0.4 is 0 Å². The Morgan fingerprint density at radius 3 is 2.62 bits per heavy atom. The van der Waals surface area contributed by atoms with Crippen molar-refractivity contribution in [2.24, 2.45) is 11.3 Å². The summed E-state index contributed by atoms with van der Waals surface area (Å²) in [5, 5.41) is 8.94. The molecule has 0 aromatic carbocycles. The van der Waals surface area contributed by atoms with E-state index < -0.39 is 0 Å². The summed E-state index contributed by atoms with van der Waals surface area (Å²) in [4.78, 5) is 0. The zero-order valence-electron chi connectivity index (χ0n) is 9.35. The molecule has 0 radical (unpaired) electrons. The van der Waals surface area contributed by atoms with Crippen molar-refractivity contribution < 1.29 is 5.11 Å². The van der Waals surface area contributed by atoms with Crippen LogP contribution in [0.15, 0.2) is 11.1 Å². The van der Waals surface area contributed by atoms with E-state index in [1.54, 1.807) is 0 Å². The van der Waals surface area contributed by atoms with Crippen LogP contribution in [0.3, 0.4) is 0 Å². The summed E-state index contributed by atoms with van der Waals surface area (Å²) in [7, 11) is 0. The molecule has 1 unspecified atom stereocenters. The van der Waals surface area contributed by atoms with Crippen molar-refractivity contribution in [3.63, 3.8) is 0 Å². The quantitative estimate of drug-likeness (QED) is 0.650. The normalized spacial score (nSPS) is 27.9. The van der Waals surface area contributed by atoms with Gasteiger partial charge in [-0.05, 0) is 37.5 Å². The third kappa shape index (κ3) is 1.96. The van der Waals surface area contributed by atoms with Gasteiger partial charge in [0.1, 0.15) is 0 Å². The van der Waals surface area contributed by atoms with E-state index in [9.17, 15) is 0 Å². The summed E-state index contributed by atoms with van der Waals surface area (Å²) >= 11 is 0. The molecule has 1 atom stereocenters. The largest absolute Gasteiger partial charge is 0.396 e. The van der Waals surface area contributed by atoms with Gasteiger partial charge in [0.15, 0.2) is 0 Å². The lowest BCUT2D eigenvalue weighted by molar-refractivity contribution is 0.238. The Bertz CT molecular complexity index is 213. The molecule has 1 aliphatic rings. The minimum Gasteiger partial charge on any atom is -0.396 e. The van der Waals surface area contributed by atoms with Gasteiger partial charge in [-0.15, -0.1) is 0 Å². The van der Waals surface area contributed by atoms with Crippen LogP contribution in [0.25, 0.3) is 0 Å². The fourth-order valence-corrected chi connectivity index (χ4v) is 2.21. The van der Waals surface area contributed by atoms with Gasteiger partial charge in [0.25, 0.3) is 0 Å². The molecule has 1 heteroatoms. The average Bonchev–Trinajstić information content (AvgIpc) is 2.08. The van der Waals surface area contributed by atoms with Crippen LogP contribution in [0, 0.1) is 11.3 Å². The molecule has 1 nitrogen and oxygen atoms in total. The second-order valence-corrected chi connectivity index (χ2v) is 4.86. The summed E-state index contributed by atoms with van der Waals surface area (Å²) in [6, 6.07) is 0. The third-order valence-electron chi connectivity index (χ3n) is 4.02. The van der Waals surface area contributed by atoms with Crippen LogP contribution in [0.1, 0.15) is 47.0 Å². The minimum atomic E-state index is 0.303. The molecular formula is C12H22O. The summed E-state index contributed by atoms with van der Waals surface area (Å²) < 4.78 is 0. The Balaban J connectivity index is 2.90. The van der Waals surface area contributed by atoms with E-state index in [0.29, 0.717) is 12.0 Å². The van der Waals surface area contributed by atoms with Crippen molar-refractivity contribution in [2.45, 2.75) is 47.0 Å². The lowest BCUT2D eigenvalue weighted by atomic mass is 9.66. The summed E-state index contributed by atoms with van der Waals surface area (Å²) in [5.74, 6) is 0.773. The molecule has 0 saturated carbocycles. The molecule has 0 aromatic rings. The molecule has 1 rings (SSSR count). The van der Waals surface area contributed by atoms with E-state index in [1.807, 2.05) is 0 Å². The Hall–Kier alpha value is -0.300. The molecule has 0 fully saturated rings. The van der Waals surface area contributed by atoms with Crippen molar-refractivity contribution in [3.05, 3.63) is 11.1 Å². The molecule has 0 aliphatic heterocycles. The highest BCUT2D eigenvalue weighted by molar-refractivity contribution is 5.23. The van der Waals surface area contributed by atoms with Gasteiger partial charge in [-0.3, -0.25) is 0 Å². The van der Waals surface area contributed by atoms with Crippen LogP contribution in [0.2, 0.25) is 0 Å². The van der Waals surface area contributed by atoms with Crippen LogP contribution in [-0.4, -0.2) is 11.7 Å². The molecule has 0 bridgehead atoms. The predicted molar refractivity (Wildman–Crippen MR) is 56.6 cm³/mol. The van der Waals surface area contributed by atoms with Crippen molar-refractivity contribution in [1.29, 1.82) is 0 Å². The third-order valence-corrected chi connectivity index (χ3v) is 4.02. The van der Waals surface area contributed by atoms with Crippen molar-refractivity contribution >= 4 is 0 Å². The van der Waals surface area contributed by atoms with Crippen molar-refractivity contribution in [1.82, 2.24) is 0 Å². The predicted octanol–water partition coefficient (Wildman–Crippen LogP) is 3.14. The van der Waals surface area contributed by atoms with Gasteiger partial charge in [-0.25, -0.2) is 0 Å². The van der Waals surface area contributed by atoms with Gasteiger partial charge < -0.3 is 5.11 Å². The van der Waals surface area contributed by atoms with E-state index in [1.165, 1.54) is 24.0 Å². The average molecular weight is 182 g/mol. The van der Waals surface area contributed by atoms with Gasteiger partial charge in [-0.2, -0.15) is 0 Å². The Morgan fingerprint density at radius 1 is 1.46 bits per heavy atom. The van der Waals surface area contributed by atoms with Gasteiger partial charge >= 0.3 is 0 Å². The topological polar surface area (TPSA) is 20.2 Å². The SMILES string of the molecule is CC1=C(CCO)CCC(C)C1(C)C. The molecule has 0 amide bonds. The highest BCUT2D eigenvalue weighted by atomic mass is 16.2. The standard InChI is InChI=1S/C12H22O/c1-9-5-6-11(7-8-13)10(2)12(9,3)4/h9,13H,5-8H2,1-4H3. The van der Waals surface area contributed by atoms with E-state index in [2.05, 4.69) is 27.7 Å². The smallest absolute Gasteiger partial charge is 0.0468 e. The van der Waals surface area contributed by atoms with E-state index >= 15 is 0 Å². The van der Waals surface area contributed by atoms with E-state index in [0.717, 1.165) is 12.3 Å². The maximum absolute atomic E-state index is 8.94. The number of hydrogen-bond donors (Lipinski definition) is 1. The second kappa shape index (κ2) is 3.83. The van der Waals surface area contributed by atoms with E-state index in [4.69, 9.17) is 5.11 Å². The van der Waals surface area contributed by atoms with Crippen molar-refractivity contribution in [2.75, 3.05) is 6.61 Å². The fourth-order valence-electron chi connectivity index (χ4n) is 2.21. The highest BCUT2D eigenvalue weighted by Crippen LogP contribution is 2.44. The molecule has 76 valence electrons. The number of hydrogen-bond acceptors (Lipinski definition) is 1. The molecule has 0 spiro atoms. The number of allylic oxidation sites excluding steroid dienone is 1. The first-order valence-corrected chi connectivity index (χ1v) is 5.30. The maximum Gasteiger partial charge on any atom is 0.0468 e. The van der Waals surface area contributed by atoms with Gasteiger partial charge in [0, 0.05) is 6.61 Å². The minimum absolute atomic E-state index is 0.303.